The zero-order valence-corrected chi connectivity index (χ0v) is 16.5. The number of ether oxygens (including phenoxy) is 2. The number of anilines is 1. The van der Waals surface area contributed by atoms with Gasteiger partial charge in [-0.1, -0.05) is 23.7 Å². The van der Waals surface area contributed by atoms with E-state index in [1.54, 1.807) is 37.3 Å². The van der Waals surface area contributed by atoms with Crippen LogP contribution in [0.1, 0.15) is 32.1 Å². The van der Waals surface area contributed by atoms with Crippen LogP contribution in [0.4, 0.5) is 5.69 Å². The summed E-state index contributed by atoms with van der Waals surface area (Å²) in [6.07, 6.45) is 0. The largest absolute Gasteiger partial charge is 0.493 e. The van der Waals surface area contributed by atoms with Crippen LogP contribution in [-0.4, -0.2) is 29.1 Å². The number of nitrogens with one attached hydrogen (secondary N) is 2. The number of amides is 2. The van der Waals surface area contributed by atoms with Crippen LogP contribution in [0.5, 0.6) is 11.5 Å². The van der Waals surface area contributed by atoms with Crippen LogP contribution in [0.3, 0.4) is 0 Å². The molecule has 9 heteroatoms. The van der Waals surface area contributed by atoms with Crippen LogP contribution in [0, 0.1) is 6.92 Å². The summed E-state index contributed by atoms with van der Waals surface area (Å²) in [5.41, 5.74) is 7.25. The molecule has 8 nitrogen and oxygen atoms in total. The van der Waals surface area contributed by atoms with E-state index in [1.165, 1.54) is 7.11 Å². The van der Waals surface area contributed by atoms with Crippen molar-refractivity contribution in [1.82, 2.24) is 10.2 Å². The molecule has 150 valence electrons. The molecule has 0 aliphatic carbocycles. The molecule has 2 amide bonds. The predicted molar refractivity (Wildman–Crippen MR) is 109 cm³/mol. The van der Waals surface area contributed by atoms with Gasteiger partial charge in [0.05, 0.1) is 18.5 Å². The van der Waals surface area contributed by atoms with E-state index >= 15 is 0 Å². The summed E-state index contributed by atoms with van der Waals surface area (Å²) in [6.45, 7) is 1.98. The van der Waals surface area contributed by atoms with E-state index in [4.69, 9.17) is 26.8 Å². The number of methoxy groups -OCH3 is 1. The van der Waals surface area contributed by atoms with Crippen molar-refractivity contribution in [3.05, 3.63) is 70.0 Å². The van der Waals surface area contributed by atoms with Gasteiger partial charge in [0.2, 0.25) is 0 Å². The average molecular weight is 415 g/mol. The molecular formula is C20H19ClN4O4. The first kappa shape index (κ1) is 20.2. The summed E-state index contributed by atoms with van der Waals surface area (Å²) in [6, 6.07) is 12.1. The molecule has 2 aromatic carbocycles. The van der Waals surface area contributed by atoms with Gasteiger partial charge >= 0.3 is 0 Å². The van der Waals surface area contributed by atoms with Gasteiger partial charge in [-0.05, 0) is 42.8 Å². The number of nitrogens with zero attached hydrogens (tertiary/aromatic N) is 1. The number of aromatic amines is 1. The zero-order valence-electron chi connectivity index (χ0n) is 15.8. The summed E-state index contributed by atoms with van der Waals surface area (Å²) >= 11 is 5.88. The van der Waals surface area contributed by atoms with Crippen LogP contribution < -0.4 is 20.5 Å². The van der Waals surface area contributed by atoms with E-state index in [1.807, 2.05) is 12.1 Å². The van der Waals surface area contributed by atoms with Gasteiger partial charge in [-0.2, -0.15) is 5.10 Å². The van der Waals surface area contributed by atoms with Crippen molar-refractivity contribution < 1.29 is 19.1 Å². The first-order valence-electron chi connectivity index (χ1n) is 8.60. The van der Waals surface area contributed by atoms with Crippen molar-refractivity contribution in [3.63, 3.8) is 0 Å². The first-order valence-corrected chi connectivity index (χ1v) is 8.98. The Morgan fingerprint density at radius 3 is 2.55 bits per heavy atom. The molecule has 0 spiro atoms. The van der Waals surface area contributed by atoms with Crippen molar-refractivity contribution >= 4 is 29.1 Å². The van der Waals surface area contributed by atoms with E-state index < -0.39 is 11.8 Å². The Hall–Kier alpha value is -3.52. The smallest absolute Gasteiger partial charge is 0.271 e. The number of benzene rings is 2. The van der Waals surface area contributed by atoms with Crippen LogP contribution in [-0.2, 0) is 6.61 Å². The number of H-pyrrole nitrogens is 1. The number of primary amides is 1. The molecule has 0 saturated carbocycles. The third-order valence-electron chi connectivity index (χ3n) is 4.15. The molecule has 0 saturated heterocycles. The molecule has 4 N–H and O–H groups in total. The summed E-state index contributed by atoms with van der Waals surface area (Å²) < 4.78 is 11.1. The highest BCUT2D eigenvalue weighted by Crippen LogP contribution is 2.29. The maximum atomic E-state index is 12.6. The molecule has 0 unspecified atom stereocenters. The summed E-state index contributed by atoms with van der Waals surface area (Å²) in [5.74, 6) is -0.310. The average Bonchev–Trinajstić information content (AvgIpc) is 3.08. The zero-order chi connectivity index (χ0) is 21.0. The number of hydrogen-bond acceptors (Lipinski definition) is 5. The number of aryl methyl sites for hydroxylation is 1. The Morgan fingerprint density at radius 2 is 1.90 bits per heavy atom. The fraction of sp³-hybridized carbons (Fsp3) is 0.150. The highest BCUT2D eigenvalue weighted by Gasteiger charge is 2.19. The molecule has 0 fully saturated rings. The lowest BCUT2D eigenvalue weighted by atomic mass is 10.1. The van der Waals surface area contributed by atoms with E-state index in [0.717, 1.165) is 5.56 Å². The van der Waals surface area contributed by atoms with Gasteiger partial charge in [0.25, 0.3) is 11.8 Å². The fourth-order valence-corrected chi connectivity index (χ4v) is 2.74. The second kappa shape index (κ2) is 8.66. The lowest BCUT2D eigenvalue weighted by Gasteiger charge is -2.13. The number of carbonyl (C=O) groups excluding carboxylic acids is 2. The van der Waals surface area contributed by atoms with Gasteiger partial charge in [-0.15, -0.1) is 0 Å². The van der Waals surface area contributed by atoms with E-state index in [2.05, 4.69) is 15.5 Å². The van der Waals surface area contributed by atoms with Gasteiger partial charge in [0.1, 0.15) is 6.61 Å². The standard InChI is InChI=1S/C20H19ClN4O4/c1-11-17(18(19(22)26)25-24-11)23-20(27)13-5-8-15(16(9-13)28-2)29-10-12-3-6-14(21)7-4-12/h3-9H,10H2,1-2H3,(H2,22,26)(H,23,27)(H,24,25). The molecule has 1 aromatic heterocycles. The topological polar surface area (TPSA) is 119 Å². The molecule has 0 aliphatic rings. The Morgan fingerprint density at radius 1 is 1.17 bits per heavy atom. The predicted octanol–water partition coefficient (Wildman–Crippen LogP) is 3.31. The van der Waals surface area contributed by atoms with E-state index in [-0.39, 0.29) is 11.4 Å². The quantitative estimate of drug-likeness (QED) is 0.548. The van der Waals surface area contributed by atoms with Crippen molar-refractivity contribution in [2.75, 3.05) is 12.4 Å². The Labute approximate surface area is 172 Å². The van der Waals surface area contributed by atoms with E-state index in [0.29, 0.717) is 34.4 Å². The number of rotatable bonds is 7. The van der Waals surface area contributed by atoms with Crippen LogP contribution in [0.25, 0.3) is 0 Å². The summed E-state index contributed by atoms with van der Waals surface area (Å²) in [7, 11) is 1.48. The normalized spacial score (nSPS) is 10.4. The lowest BCUT2D eigenvalue weighted by Crippen LogP contribution is -2.18. The van der Waals surface area contributed by atoms with Gasteiger partial charge < -0.3 is 20.5 Å². The van der Waals surface area contributed by atoms with E-state index in [9.17, 15) is 9.59 Å². The number of hydrogen-bond donors (Lipinski definition) is 3. The van der Waals surface area contributed by atoms with Crippen LogP contribution >= 0.6 is 11.6 Å². The monoisotopic (exact) mass is 414 g/mol. The maximum Gasteiger partial charge on any atom is 0.271 e. The summed E-state index contributed by atoms with van der Waals surface area (Å²) in [5, 5.41) is 9.72. The molecule has 0 aliphatic heterocycles. The third-order valence-corrected chi connectivity index (χ3v) is 4.40. The third kappa shape index (κ3) is 4.67. The van der Waals surface area contributed by atoms with Crippen molar-refractivity contribution in [3.8, 4) is 11.5 Å². The fourth-order valence-electron chi connectivity index (χ4n) is 2.62. The van der Waals surface area contributed by atoms with Crippen molar-refractivity contribution in [2.45, 2.75) is 13.5 Å². The van der Waals surface area contributed by atoms with Crippen molar-refractivity contribution in [1.29, 1.82) is 0 Å². The molecular weight excluding hydrogens is 396 g/mol. The molecule has 29 heavy (non-hydrogen) atoms. The molecule has 3 aromatic rings. The molecule has 1 heterocycles. The minimum atomic E-state index is -0.742. The minimum absolute atomic E-state index is 0.0364. The molecule has 0 atom stereocenters. The lowest BCUT2D eigenvalue weighted by molar-refractivity contribution is 0.0996. The molecule has 3 rings (SSSR count). The SMILES string of the molecule is COc1cc(C(=O)Nc2c(C(N)=O)n[nH]c2C)ccc1OCc1ccc(Cl)cc1. The second-order valence-corrected chi connectivity index (χ2v) is 6.61. The molecule has 0 radical (unpaired) electrons. The number of carbonyl (C=O) groups is 2. The Bertz CT molecular complexity index is 1050. The van der Waals surface area contributed by atoms with Crippen LogP contribution in [0.2, 0.25) is 5.02 Å². The number of nitrogens with two attached hydrogens (primary N) is 1. The highest BCUT2D eigenvalue weighted by molar-refractivity contribution is 6.30. The number of halogens is 1. The van der Waals surface area contributed by atoms with Gasteiger partial charge in [0, 0.05) is 10.6 Å². The minimum Gasteiger partial charge on any atom is -0.493 e. The highest BCUT2D eigenvalue weighted by atomic mass is 35.5. The van der Waals surface area contributed by atoms with Gasteiger partial charge in [0.15, 0.2) is 17.2 Å². The maximum absolute atomic E-state index is 12.6. The Balaban J connectivity index is 1.75. The van der Waals surface area contributed by atoms with Gasteiger partial charge in [-0.25, -0.2) is 0 Å². The Kier molecular flexibility index (Phi) is 6.04. The molecule has 0 bridgehead atoms. The van der Waals surface area contributed by atoms with Crippen molar-refractivity contribution in [2.24, 2.45) is 5.73 Å². The number of aromatic nitrogens is 2. The van der Waals surface area contributed by atoms with Crippen LogP contribution in [0.15, 0.2) is 42.5 Å². The van der Waals surface area contributed by atoms with Gasteiger partial charge in [-0.3, -0.25) is 14.7 Å². The summed E-state index contributed by atoms with van der Waals surface area (Å²) in [4.78, 5) is 24.1. The first-order chi connectivity index (χ1) is 13.9. The second-order valence-electron chi connectivity index (χ2n) is 6.17.